The highest BCUT2D eigenvalue weighted by Crippen LogP contribution is 2.23. The molecule has 4 aromatic rings. The molecular weight excluding hydrogens is 388 g/mol. The monoisotopic (exact) mass is 410 g/mol. The second-order valence-electron chi connectivity index (χ2n) is 7.12. The van der Waals surface area contributed by atoms with Crippen LogP contribution in [0.1, 0.15) is 17.3 Å². The van der Waals surface area contributed by atoms with Crippen molar-refractivity contribution in [3.05, 3.63) is 96.7 Å². The molecule has 0 fully saturated rings. The van der Waals surface area contributed by atoms with Gasteiger partial charge in [-0.3, -0.25) is 9.59 Å². The van der Waals surface area contributed by atoms with Crippen molar-refractivity contribution in [1.29, 1.82) is 0 Å². The number of rotatable bonds is 5. The van der Waals surface area contributed by atoms with Crippen LogP contribution >= 0.6 is 0 Å². The normalized spacial score (nSPS) is 10.5. The fourth-order valence-electron chi connectivity index (χ4n) is 3.27. The molecule has 0 aliphatic carbocycles. The zero-order chi connectivity index (χ0) is 21.8. The van der Waals surface area contributed by atoms with Crippen LogP contribution < -0.4 is 10.2 Å². The number of carbonyl (C=O) groups excluding carboxylic acids is 2. The fraction of sp³-hybridized carbons (Fsp3) is 0.0800. The third kappa shape index (κ3) is 4.38. The highest BCUT2D eigenvalue weighted by Gasteiger charge is 2.12. The zero-order valence-corrected chi connectivity index (χ0v) is 17.3. The van der Waals surface area contributed by atoms with E-state index in [1.165, 1.54) is 6.92 Å². The van der Waals surface area contributed by atoms with Gasteiger partial charge in [-0.25, -0.2) is 4.68 Å². The largest absolute Gasteiger partial charge is 0.322 e. The minimum absolute atomic E-state index is 0.0536. The molecule has 1 heterocycles. The molecule has 6 nitrogen and oxygen atoms in total. The Morgan fingerprint density at radius 2 is 1.65 bits per heavy atom. The first-order chi connectivity index (χ1) is 15.0. The fourth-order valence-corrected chi connectivity index (χ4v) is 3.27. The summed E-state index contributed by atoms with van der Waals surface area (Å²) in [6, 6.07) is 26.4. The Morgan fingerprint density at radius 1 is 0.903 bits per heavy atom. The summed E-state index contributed by atoms with van der Waals surface area (Å²) >= 11 is 0. The van der Waals surface area contributed by atoms with Gasteiger partial charge < -0.3 is 10.2 Å². The van der Waals surface area contributed by atoms with E-state index in [0.717, 1.165) is 22.6 Å². The van der Waals surface area contributed by atoms with Gasteiger partial charge in [0.15, 0.2) is 0 Å². The van der Waals surface area contributed by atoms with Crippen molar-refractivity contribution in [3.8, 4) is 16.9 Å². The Hall–Kier alpha value is -4.19. The van der Waals surface area contributed by atoms with Crippen LogP contribution in [0.15, 0.2) is 91.1 Å². The van der Waals surface area contributed by atoms with E-state index in [2.05, 4.69) is 10.4 Å². The van der Waals surface area contributed by atoms with Gasteiger partial charge in [-0.2, -0.15) is 5.10 Å². The van der Waals surface area contributed by atoms with Gasteiger partial charge in [0.1, 0.15) is 0 Å². The summed E-state index contributed by atoms with van der Waals surface area (Å²) in [7, 11) is 1.71. The molecule has 1 N–H and O–H groups in total. The minimum atomic E-state index is -0.220. The molecule has 1 aromatic heterocycles. The predicted molar refractivity (Wildman–Crippen MR) is 122 cm³/mol. The highest BCUT2D eigenvalue weighted by atomic mass is 16.2. The molecule has 0 aliphatic heterocycles. The Kier molecular flexibility index (Phi) is 5.62. The van der Waals surface area contributed by atoms with E-state index in [1.54, 1.807) is 48.5 Å². The maximum absolute atomic E-state index is 12.8. The molecule has 0 saturated carbocycles. The van der Waals surface area contributed by atoms with Crippen molar-refractivity contribution in [2.75, 3.05) is 17.3 Å². The lowest BCUT2D eigenvalue weighted by Crippen LogP contribution is -2.22. The molecule has 0 atom stereocenters. The van der Waals surface area contributed by atoms with Crippen LogP contribution in [-0.2, 0) is 4.79 Å². The molecule has 2 amide bonds. The molecule has 0 unspecified atom stereocenters. The number of nitrogens with zero attached hydrogens (tertiary/aromatic N) is 3. The Labute approximate surface area is 180 Å². The number of hydrogen-bond donors (Lipinski definition) is 1. The summed E-state index contributed by atoms with van der Waals surface area (Å²) in [6.45, 7) is 1.51. The first kappa shape index (κ1) is 20.1. The third-order valence-corrected chi connectivity index (χ3v) is 5.05. The van der Waals surface area contributed by atoms with Crippen LogP contribution in [0.2, 0.25) is 0 Å². The van der Waals surface area contributed by atoms with Gasteiger partial charge in [0, 0.05) is 36.5 Å². The van der Waals surface area contributed by atoms with E-state index in [9.17, 15) is 9.59 Å². The van der Waals surface area contributed by atoms with E-state index in [1.807, 2.05) is 59.3 Å². The number of hydrogen-bond acceptors (Lipinski definition) is 3. The minimum Gasteiger partial charge on any atom is -0.322 e. The van der Waals surface area contributed by atoms with Crippen LogP contribution in [0.4, 0.5) is 11.4 Å². The van der Waals surface area contributed by atoms with E-state index < -0.39 is 0 Å². The molecule has 0 radical (unpaired) electrons. The molecule has 0 aliphatic rings. The smallest absolute Gasteiger partial charge is 0.255 e. The average Bonchev–Trinajstić information content (AvgIpc) is 3.30. The van der Waals surface area contributed by atoms with E-state index in [4.69, 9.17) is 0 Å². The maximum atomic E-state index is 12.8. The van der Waals surface area contributed by atoms with Crippen molar-refractivity contribution >= 4 is 23.2 Å². The summed E-state index contributed by atoms with van der Waals surface area (Å²) < 4.78 is 1.82. The van der Waals surface area contributed by atoms with Crippen LogP contribution in [0.25, 0.3) is 16.9 Å². The van der Waals surface area contributed by atoms with Crippen molar-refractivity contribution in [2.24, 2.45) is 0 Å². The lowest BCUT2D eigenvalue weighted by atomic mass is 10.1. The molecular formula is C25H22N4O2. The summed E-state index contributed by atoms with van der Waals surface area (Å²) in [5.41, 5.74) is 4.74. The number of aromatic nitrogens is 2. The second-order valence-corrected chi connectivity index (χ2v) is 7.12. The van der Waals surface area contributed by atoms with Crippen molar-refractivity contribution in [3.63, 3.8) is 0 Å². The summed E-state index contributed by atoms with van der Waals surface area (Å²) in [5.74, 6) is -0.273. The number of nitrogens with one attached hydrogen (secondary N) is 1. The SMILES string of the molecule is CC(=O)N(C)c1ccc(NC(=O)c2cccc(-n3nccc3-c3ccccc3)c2)cc1. The lowest BCUT2D eigenvalue weighted by molar-refractivity contribution is -0.116. The molecule has 4 rings (SSSR count). The van der Waals surface area contributed by atoms with Gasteiger partial charge in [-0.05, 0) is 48.5 Å². The van der Waals surface area contributed by atoms with Crippen molar-refractivity contribution < 1.29 is 9.59 Å². The first-order valence-electron chi connectivity index (χ1n) is 9.88. The van der Waals surface area contributed by atoms with E-state index in [0.29, 0.717) is 11.3 Å². The van der Waals surface area contributed by atoms with E-state index >= 15 is 0 Å². The van der Waals surface area contributed by atoms with Crippen molar-refractivity contribution in [1.82, 2.24) is 9.78 Å². The molecule has 0 spiro atoms. The first-order valence-corrected chi connectivity index (χ1v) is 9.88. The predicted octanol–water partition coefficient (Wildman–Crippen LogP) is 4.77. The van der Waals surface area contributed by atoms with Crippen LogP contribution in [0.3, 0.4) is 0 Å². The van der Waals surface area contributed by atoms with Gasteiger partial charge in [-0.1, -0.05) is 36.4 Å². The average molecular weight is 410 g/mol. The van der Waals surface area contributed by atoms with Crippen LogP contribution in [0, 0.1) is 0 Å². The van der Waals surface area contributed by atoms with Crippen LogP contribution in [0.5, 0.6) is 0 Å². The van der Waals surface area contributed by atoms with Gasteiger partial charge in [0.2, 0.25) is 5.91 Å². The Bertz CT molecular complexity index is 1210. The number of anilines is 2. The van der Waals surface area contributed by atoms with Gasteiger partial charge >= 0.3 is 0 Å². The van der Waals surface area contributed by atoms with Gasteiger partial charge in [0.25, 0.3) is 5.91 Å². The van der Waals surface area contributed by atoms with Gasteiger partial charge in [-0.15, -0.1) is 0 Å². The summed E-state index contributed by atoms with van der Waals surface area (Å²) in [5, 5.41) is 7.34. The van der Waals surface area contributed by atoms with E-state index in [-0.39, 0.29) is 11.8 Å². The quantitative estimate of drug-likeness (QED) is 0.515. The topological polar surface area (TPSA) is 67.2 Å². The maximum Gasteiger partial charge on any atom is 0.255 e. The standard InChI is InChI=1S/C25H22N4O2/c1-18(30)28(2)22-13-11-21(12-14-22)27-25(31)20-9-6-10-23(17-20)29-24(15-16-26-29)19-7-4-3-5-8-19/h3-17H,1-2H3,(H,27,31). The number of amides is 2. The Balaban J connectivity index is 1.55. The highest BCUT2D eigenvalue weighted by molar-refractivity contribution is 6.04. The molecule has 3 aromatic carbocycles. The molecule has 154 valence electrons. The lowest BCUT2D eigenvalue weighted by Gasteiger charge is -2.15. The molecule has 0 bridgehead atoms. The Morgan fingerprint density at radius 3 is 2.35 bits per heavy atom. The molecule has 31 heavy (non-hydrogen) atoms. The van der Waals surface area contributed by atoms with Crippen LogP contribution in [-0.4, -0.2) is 28.6 Å². The number of benzene rings is 3. The zero-order valence-electron chi connectivity index (χ0n) is 17.3. The molecule has 0 saturated heterocycles. The second kappa shape index (κ2) is 8.67. The summed E-state index contributed by atoms with van der Waals surface area (Å²) in [6.07, 6.45) is 1.74. The van der Waals surface area contributed by atoms with Gasteiger partial charge in [0.05, 0.1) is 17.6 Å². The van der Waals surface area contributed by atoms with Crippen molar-refractivity contribution in [2.45, 2.75) is 6.92 Å². The third-order valence-electron chi connectivity index (χ3n) is 5.05. The number of carbonyl (C=O) groups is 2. The summed E-state index contributed by atoms with van der Waals surface area (Å²) in [4.78, 5) is 25.8. The molecule has 6 heteroatoms.